The highest BCUT2D eigenvalue weighted by molar-refractivity contribution is 5.85. The lowest BCUT2D eigenvalue weighted by Gasteiger charge is -2.29. The van der Waals surface area contributed by atoms with Crippen LogP contribution in [0.2, 0.25) is 0 Å². The zero-order valence-electron chi connectivity index (χ0n) is 9.28. The number of carbonyl (C=O) groups excluding carboxylic acids is 1. The normalized spacial score (nSPS) is 15.2. The van der Waals surface area contributed by atoms with Gasteiger partial charge in [-0.2, -0.15) is 0 Å². The summed E-state index contributed by atoms with van der Waals surface area (Å²) in [4.78, 5) is 12.9. The van der Waals surface area contributed by atoms with Crippen molar-refractivity contribution in [1.82, 2.24) is 5.32 Å². The number of rotatable bonds is 2. The molecule has 1 saturated heterocycles. The monoisotopic (exact) mass is 259 g/mol. The van der Waals surface area contributed by atoms with Gasteiger partial charge in [-0.25, -0.2) is 4.39 Å². The lowest BCUT2D eigenvalue weighted by atomic mass is 10.1. The number of amides is 1. The summed E-state index contributed by atoms with van der Waals surface area (Å²) in [6, 6.07) is 4.88. The first kappa shape index (κ1) is 13.7. The number of piperazine rings is 1. The smallest absolute Gasteiger partial charge is 0.239 e. The second kappa shape index (κ2) is 5.84. The molecule has 0 spiro atoms. The minimum Gasteiger partial charge on any atom is -0.358 e. The Morgan fingerprint density at radius 3 is 2.82 bits per heavy atom. The fraction of sp³-hybridized carbons (Fsp3) is 0.364. The van der Waals surface area contributed by atoms with Crippen LogP contribution in [0.3, 0.4) is 0 Å². The maximum atomic E-state index is 13.7. The molecule has 1 aromatic rings. The Balaban J connectivity index is 0.00000144. The molecule has 0 atom stereocenters. The zero-order chi connectivity index (χ0) is 11.5. The van der Waals surface area contributed by atoms with Crippen LogP contribution in [0.4, 0.5) is 10.1 Å². The standard InChI is InChI=1S/C11H14FN3O.ClH/c12-9-5-8(6-13)1-2-10(9)15-4-3-14-11(16)7-15;/h1-2,5H,3-4,6-7,13H2,(H,14,16);1H. The summed E-state index contributed by atoms with van der Waals surface area (Å²) in [5.74, 6) is -0.397. The van der Waals surface area contributed by atoms with Crippen LogP contribution in [-0.4, -0.2) is 25.5 Å². The van der Waals surface area contributed by atoms with Crippen molar-refractivity contribution in [3.05, 3.63) is 29.6 Å². The van der Waals surface area contributed by atoms with Crippen molar-refractivity contribution in [2.75, 3.05) is 24.5 Å². The first-order valence-corrected chi connectivity index (χ1v) is 5.21. The first-order valence-electron chi connectivity index (χ1n) is 5.21. The van der Waals surface area contributed by atoms with Crippen molar-refractivity contribution in [3.8, 4) is 0 Å². The largest absolute Gasteiger partial charge is 0.358 e. The predicted octanol–water partition coefficient (Wildman–Crippen LogP) is 0.642. The summed E-state index contributed by atoms with van der Waals surface area (Å²) in [6.45, 7) is 1.71. The summed E-state index contributed by atoms with van der Waals surface area (Å²) < 4.78 is 13.7. The van der Waals surface area contributed by atoms with Gasteiger partial charge in [0, 0.05) is 19.6 Å². The van der Waals surface area contributed by atoms with Crippen molar-refractivity contribution in [2.45, 2.75) is 6.54 Å². The molecule has 0 unspecified atom stereocenters. The molecule has 1 fully saturated rings. The fourth-order valence-corrected chi connectivity index (χ4v) is 1.78. The van der Waals surface area contributed by atoms with E-state index in [4.69, 9.17) is 5.73 Å². The van der Waals surface area contributed by atoms with E-state index in [0.717, 1.165) is 5.56 Å². The third kappa shape index (κ3) is 3.08. The van der Waals surface area contributed by atoms with Crippen LogP contribution in [0.1, 0.15) is 5.56 Å². The number of carbonyl (C=O) groups is 1. The van der Waals surface area contributed by atoms with E-state index in [2.05, 4.69) is 5.32 Å². The van der Waals surface area contributed by atoms with Crippen molar-refractivity contribution in [2.24, 2.45) is 5.73 Å². The Hall–Kier alpha value is -1.33. The number of halogens is 2. The Bertz CT molecular complexity index is 414. The fourth-order valence-electron chi connectivity index (χ4n) is 1.78. The highest BCUT2D eigenvalue weighted by atomic mass is 35.5. The van der Waals surface area contributed by atoms with Gasteiger partial charge < -0.3 is 16.0 Å². The van der Waals surface area contributed by atoms with Crippen molar-refractivity contribution in [3.63, 3.8) is 0 Å². The average molecular weight is 260 g/mol. The number of nitrogens with zero attached hydrogens (tertiary/aromatic N) is 1. The van der Waals surface area contributed by atoms with Crippen molar-refractivity contribution >= 4 is 24.0 Å². The van der Waals surface area contributed by atoms with Crippen molar-refractivity contribution < 1.29 is 9.18 Å². The molecule has 0 aliphatic carbocycles. The second-order valence-electron chi connectivity index (χ2n) is 3.76. The summed E-state index contributed by atoms with van der Waals surface area (Å²) in [5.41, 5.74) is 6.64. The molecule has 1 heterocycles. The van der Waals surface area contributed by atoms with E-state index in [9.17, 15) is 9.18 Å². The summed E-state index contributed by atoms with van der Waals surface area (Å²) in [6.07, 6.45) is 0. The van der Waals surface area contributed by atoms with Gasteiger partial charge in [-0.3, -0.25) is 4.79 Å². The minimum atomic E-state index is -0.322. The molecule has 1 amide bonds. The Kier molecular flexibility index (Phi) is 4.72. The van der Waals surface area contributed by atoms with Crippen LogP contribution < -0.4 is 16.0 Å². The highest BCUT2D eigenvalue weighted by Gasteiger charge is 2.19. The molecule has 1 aliphatic rings. The Morgan fingerprint density at radius 2 is 2.24 bits per heavy atom. The highest BCUT2D eigenvalue weighted by Crippen LogP contribution is 2.20. The minimum absolute atomic E-state index is 0. The van der Waals surface area contributed by atoms with Gasteiger partial charge in [-0.15, -0.1) is 12.4 Å². The summed E-state index contributed by atoms with van der Waals surface area (Å²) in [7, 11) is 0. The van der Waals surface area contributed by atoms with Gasteiger partial charge in [-0.05, 0) is 17.7 Å². The van der Waals surface area contributed by atoms with E-state index < -0.39 is 0 Å². The second-order valence-corrected chi connectivity index (χ2v) is 3.76. The molecule has 6 heteroatoms. The van der Waals surface area contributed by atoms with Gasteiger partial charge in [0.1, 0.15) is 5.82 Å². The Morgan fingerprint density at radius 1 is 1.47 bits per heavy atom. The van der Waals surface area contributed by atoms with Crippen LogP contribution >= 0.6 is 12.4 Å². The predicted molar refractivity (Wildman–Crippen MR) is 66.8 cm³/mol. The quantitative estimate of drug-likeness (QED) is 0.820. The number of nitrogens with one attached hydrogen (secondary N) is 1. The number of hydrogen-bond donors (Lipinski definition) is 2. The maximum Gasteiger partial charge on any atom is 0.239 e. The molecule has 94 valence electrons. The molecular weight excluding hydrogens is 245 g/mol. The van der Waals surface area contributed by atoms with E-state index >= 15 is 0 Å². The Labute approximate surface area is 105 Å². The third-order valence-corrected chi connectivity index (χ3v) is 2.63. The number of nitrogens with two attached hydrogens (primary N) is 1. The SMILES string of the molecule is Cl.NCc1ccc(N2CCNC(=O)C2)c(F)c1. The van der Waals surface area contributed by atoms with Gasteiger partial charge in [-0.1, -0.05) is 6.07 Å². The van der Waals surface area contributed by atoms with Gasteiger partial charge in [0.25, 0.3) is 0 Å². The van der Waals surface area contributed by atoms with Gasteiger partial charge >= 0.3 is 0 Å². The first-order chi connectivity index (χ1) is 7.70. The zero-order valence-corrected chi connectivity index (χ0v) is 10.1. The van der Waals surface area contributed by atoms with Crippen LogP contribution in [0.5, 0.6) is 0 Å². The van der Waals surface area contributed by atoms with E-state index in [0.29, 0.717) is 25.3 Å². The van der Waals surface area contributed by atoms with Crippen LogP contribution in [0.15, 0.2) is 18.2 Å². The average Bonchev–Trinajstić information content (AvgIpc) is 2.28. The topological polar surface area (TPSA) is 58.4 Å². The van der Waals surface area contributed by atoms with Crippen LogP contribution in [-0.2, 0) is 11.3 Å². The van der Waals surface area contributed by atoms with Crippen LogP contribution in [0.25, 0.3) is 0 Å². The molecule has 0 bridgehead atoms. The van der Waals surface area contributed by atoms with Crippen molar-refractivity contribution in [1.29, 1.82) is 0 Å². The summed E-state index contributed by atoms with van der Waals surface area (Å²) >= 11 is 0. The molecule has 0 radical (unpaired) electrons. The molecule has 3 N–H and O–H groups in total. The molecular formula is C11H15ClFN3O. The molecule has 0 aromatic heterocycles. The number of hydrogen-bond acceptors (Lipinski definition) is 3. The lowest BCUT2D eigenvalue weighted by molar-refractivity contribution is -0.120. The summed E-state index contributed by atoms with van der Waals surface area (Å²) in [5, 5.41) is 2.70. The van der Waals surface area contributed by atoms with Crippen LogP contribution in [0, 0.1) is 5.82 Å². The van der Waals surface area contributed by atoms with E-state index in [-0.39, 0.29) is 30.7 Å². The van der Waals surface area contributed by atoms with E-state index in [1.165, 1.54) is 6.07 Å². The molecule has 4 nitrogen and oxygen atoms in total. The maximum absolute atomic E-state index is 13.7. The molecule has 2 rings (SSSR count). The van der Waals surface area contributed by atoms with Gasteiger partial charge in [0.2, 0.25) is 5.91 Å². The van der Waals surface area contributed by atoms with Gasteiger partial charge in [0.05, 0.1) is 12.2 Å². The number of anilines is 1. The lowest BCUT2D eigenvalue weighted by Crippen LogP contribution is -2.48. The number of benzene rings is 1. The van der Waals surface area contributed by atoms with E-state index in [1.54, 1.807) is 17.0 Å². The molecule has 1 aromatic carbocycles. The third-order valence-electron chi connectivity index (χ3n) is 2.63. The molecule has 0 saturated carbocycles. The van der Waals surface area contributed by atoms with E-state index in [1.807, 2.05) is 0 Å². The molecule has 17 heavy (non-hydrogen) atoms. The van der Waals surface area contributed by atoms with Gasteiger partial charge in [0.15, 0.2) is 0 Å². The molecule has 1 aliphatic heterocycles.